The predicted octanol–water partition coefficient (Wildman–Crippen LogP) is 8.83. The van der Waals surface area contributed by atoms with Crippen molar-refractivity contribution in [2.75, 3.05) is 6.54 Å². The molecule has 0 saturated heterocycles. The normalized spacial score (nSPS) is 20.2. The Morgan fingerprint density at radius 2 is 1.98 bits per heavy atom. The topological polar surface area (TPSA) is 76.8 Å². The van der Waals surface area contributed by atoms with E-state index in [9.17, 15) is 4.79 Å². The molecule has 0 aliphatic heterocycles. The molecule has 216 valence electrons. The summed E-state index contributed by atoms with van der Waals surface area (Å²) in [5, 5.41) is 20.6. The molecule has 2 aliphatic carbocycles. The fraction of sp³-hybridized carbons (Fsp3) is 0.559. The molecule has 4 atom stereocenters. The van der Waals surface area contributed by atoms with Crippen LogP contribution in [0.5, 0.6) is 0 Å². The van der Waals surface area contributed by atoms with E-state index in [-0.39, 0.29) is 29.9 Å². The fourth-order valence-electron chi connectivity index (χ4n) is 6.27. The number of fused-ring (bicyclic) bond motifs is 1. The largest absolute Gasteiger partial charge is 0.312 e. The summed E-state index contributed by atoms with van der Waals surface area (Å²) >= 11 is 6.76. The zero-order valence-corrected chi connectivity index (χ0v) is 25.0. The number of carbonyl (C=O) groups is 1. The van der Waals surface area contributed by atoms with Crippen molar-refractivity contribution in [2.45, 2.75) is 96.7 Å². The lowest BCUT2D eigenvalue weighted by molar-refractivity contribution is 0.0946. The summed E-state index contributed by atoms with van der Waals surface area (Å²) < 4.78 is 16.2. The zero-order chi connectivity index (χ0) is 28.9. The van der Waals surface area contributed by atoms with Crippen LogP contribution in [0.25, 0.3) is 0 Å². The number of ketones is 1. The van der Waals surface area contributed by atoms with Gasteiger partial charge in [-0.2, -0.15) is 0 Å². The molecule has 0 amide bonds. The minimum Gasteiger partial charge on any atom is -0.312 e. The Bertz CT molecular complexity index is 1230. The first-order chi connectivity index (χ1) is 19.2. The SMILES string of the molecule is CCCC(C=N)C(=N)[C@@](F)(CC)c1cccc(CCC2CC(=O)c3cc([C@@H](C)NCC4CCC4)cc(Cl)c3C2)c1. The van der Waals surface area contributed by atoms with Crippen LogP contribution in [-0.2, 0) is 18.5 Å². The smallest absolute Gasteiger partial charge is 0.173 e. The molecule has 4 nitrogen and oxygen atoms in total. The highest BCUT2D eigenvalue weighted by molar-refractivity contribution is 6.32. The van der Waals surface area contributed by atoms with Gasteiger partial charge in [0.2, 0.25) is 0 Å². The lowest BCUT2D eigenvalue weighted by Crippen LogP contribution is -2.36. The molecule has 0 aromatic heterocycles. The van der Waals surface area contributed by atoms with Gasteiger partial charge in [-0.15, -0.1) is 0 Å². The summed E-state index contributed by atoms with van der Waals surface area (Å²) in [5.41, 5.74) is 2.39. The zero-order valence-electron chi connectivity index (χ0n) is 24.3. The van der Waals surface area contributed by atoms with Crippen molar-refractivity contribution < 1.29 is 9.18 Å². The highest BCUT2D eigenvalue weighted by Gasteiger charge is 2.38. The molecule has 2 aliphatic rings. The van der Waals surface area contributed by atoms with Crippen LogP contribution in [0.3, 0.4) is 0 Å². The highest BCUT2D eigenvalue weighted by atomic mass is 35.5. The maximum atomic E-state index is 16.2. The van der Waals surface area contributed by atoms with E-state index < -0.39 is 11.6 Å². The van der Waals surface area contributed by atoms with Crippen molar-refractivity contribution in [2.24, 2.45) is 17.8 Å². The molecular weight excluding hydrogens is 521 g/mol. The van der Waals surface area contributed by atoms with Crippen molar-refractivity contribution >= 4 is 29.3 Å². The summed E-state index contributed by atoms with van der Waals surface area (Å²) in [6, 6.07) is 11.7. The van der Waals surface area contributed by atoms with Gasteiger partial charge in [-0.3, -0.25) is 4.79 Å². The lowest BCUT2D eigenvalue weighted by Gasteiger charge is -2.30. The van der Waals surface area contributed by atoms with Gasteiger partial charge in [-0.05, 0) is 105 Å². The number of nitrogens with one attached hydrogen (secondary N) is 3. The number of rotatable bonds is 14. The average Bonchev–Trinajstić information content (AvgIpc) is 2.93. The number of halogens is 2. The minimum atomic E-state index is -1.89. The van der Waals surface area contributed by atoms with E-state index in [1.54, 1.807) is 13.0 Å². The third kappa shape index (κ3) is 6.74. The standard InChI is InChI=1S/C34H45ClFN3O/c1-4-8-26(20-37)33(38)34(36,5-2)28-12-7-9-23(15-28)13-14-25-16-29-30(32(40)17-25)18-27(19-31(29)35)22(3)39-21-24-10-6-11-24/h7,9,12,15,18-20,22,24-26,37-39H,4-6,8,10-11,13-14,16-17,21H2,1-3H3/t22-,25?,26?,34-/m1/s1. The van der Waals surface area contributed by atoms with Gasteiger partial charge in [0.1, 0.15) is 0 Å². The third-order valence-corrected chi connectivity index (χ3v) is 9.57. The summed E-state index contributed by atoms with van der Waals surface area (Å²) in [4.78, 5) is 13.2. The Morgan fingerprint density at radius 1 is 1.20 bits per heavy atom. The number of alkyl halides is 1. The molecule has 0 spiro atoms. The average molecular weight is 566 g/mol. The second kappa shape index (κ2) is 13.5. The van der Waals surface area contributed by atoms with Crippen LogP contribution in [0.4, 0.5) is 4.39 Å². The van der Waals surface area contributed by atoms with Gasteiger partial charge in [0.15, 0.2) is 11.5 Å². The Labute approximate surface area is 244 Å². The number of aryl methyl sites for hydroxylation is 1. The molecule has 2 unspecified atom stereocenters. The quantitative estimate of drug-likeness (QED) is 0.200. The van der Waals surface area contributed by atoms with Crippen molar-refractivity contribution in [1.29, 1.82) is 10.8 Å². The predicted molar refractivity (Wildman–Crippen MR) is 164 cm³/mol. The van der Waals surface area contributed by atoms with Crippen LogP contribution in [0.2, 0.25) is 5.02 Å². The van der Waals surface area contributed by atoms with Crippen molar-refractivity contribution in [3.05, 3.63) is 69.2 Å². The molecule has 1 fully saturated rings. The van der Waals surface area contributed by atoms with Crippen LogP contribution in [0.1, 0.15) is 111 Å². The molecule has 0 bridgehead atoms. The van der Waals surface area contributed by atoms with E-state index in [0.29, 0.717) is 23.4 Å². The summed E-state index contributed by atoms with van der Waals surface area (Å²) in [6.45, 7) is 6.91. The van der Waals surface area contributed by atoms with Gasteiger partial charge in [-0.25, -0.2) is 4.39 Å². The second-order valence-electron chi connectivity index (χ2n) is 12.0. The highest BCUT2D eigenvalue weighted by Crippen LogP contribution is 2.37. The maximum Gasteiger partial charge on any atom is 0.173 e. The molecule has 40 heavy (non-hydrogen) atoms. The first-order valence-corrected chi connectivity index (χ1v) is 15.5. The molecule has 3 N–H and O–H groups in total. The number of Topliss-reactive ketones (excluding diaryl/α,β-unsaturated/α-hetero) is 1. The number of benzene rings is 2. The molecular formula is C34H45ClFN3O. The van der Waals surface area contributed by atoms with Gasteiger partial charge < -0.3 is 16.1 Å². The monoisotopic (exact) mass is 565 g/mol. The van der Waals surface area contributed by atoms with E-state index >= 15 is 4.39 Å². The van der Waals surface area contributed by atoms with Crippen LogP contribution >= 0.6 is 11.6 Å². The number of hydrogen-bond acceptors (Lipinski definition) is 4. The summed E-state index contributed by atoms with van der Waals surface area (Å²) in [6.07, 6.45) is 9.52. The molecule has 0 radical (unpaired) electrons. The fourth-order valence-corrected chi connectivity index (χ4v) is 6.57. The van der Waals surface area contributed by atoms with Crippen molar-refractivity contribution in [3.8, 4) is 0 Å². The van der Waals surface area contributed by atoms with Crippen LogP contribution in [0.15, 0.2) is 36.4 Å². The Balaban J connectivity index is 1.42. The van der Waals surface area contributed by atoms with Crippen molar-refractivity contribution in [3.63, 3.8) is 0 Å². The van der Waals surface area contributed by atoms with E-state index in [0.717, 1.165) is 60.4 Å². The van der Waals surface area contributed by atoms with E-state index in [4.69, 9.17) is 22.4 Å². The first kappa shape index (κ1) is 30.6. The molecule has 4 rings (SSSR count). The summed E-state index contributed by atoms with van der Waals surface area (Å²) in [7, 11) is 0. The Kier molecular flexibility index (Phi) is 10.3. The molecule has 2 aromatic carbocycles. The maximum absolute atomic E-state index is 16.2. The number of hydrogen-bond donors (Lipinski definition) is 3. The van der Waals surface area contributed by atoms with E-state index in [1.807, 2.05) is 37.3 Å². The van der Waals surface area contributed by atoms with Gasteiger partial charge >= 0.3 is 0 Å². The van der Waals surface area contributed by atoms with Crippen LogP contribution < -0.4 is 5.32 Å². The third-order valence-electron chi connectivity index (χ3n) is 9.23. The van der Waals surface area contributed by atoms with Gasteiger partial charge in [0.25, 0.3) is 0 Å². The van der Waals surface area contributed by atoms with Crippen LogP contribution in [-0.4, -0.2) is 24.3 Å². The second-order valence-corrected chi connectivity index (χ2v) is 12.4. The summed E-state index contributed by atoms with van der Waals surface area (Å²) in [5.74, 6) is 0.630. The van der Waals surface area contributed by atoms with Gasteiger partial charge in [-0.1, -0.05) is 62.6 Å². The lowest BCUT2D eigenvalue weighted by atomic mass is 9.78. The Morgan fingerprint density at radius 3 is 2.62 bits per heavy atom. The molecule has 2 aromatic rings. The number of carbonyl (C=O) groups excluding carboxylic acids is 1. The molecule has 1 saturated carbocycles. The van der Waals surface area contributed by atoms with Crippen molar-refractivity contribution in [1.82, 2.24) is 5.32 Å². The Hall–Kier alpha value is -2.37. The first-order valence-electron chi connectivity index (χ1n) is 15.2. The van der Waals surface area contributed by atoms with Gasteiger partial charge in [0, 0.05) is 35.2 Å². The van der Waals surface area contributed by atoms with E-state index in [2.05, 4.69) is 12.2 Å². The minimum absolute atomic E-state index is 0.0277. The van der Waals surface area contributed by atoms with Gasteiger partial charge in [0.05, 0.1) is 5.71 Å². The van der Waals surface area contributed by atoms with Crippen LogP contribution in [0, 0.1) is 28.6 Å². The molecule has 0 heterocycles. The molecule has 6 heteroatoms. The van der Waals surface area contributed by atoms with E-state index in [1.165, 1.54) is 25.5 Å².